The fourth-order valence-corrected chi connectivity index (χ4v) is 4.88. The molecular formula is C18H17Cl2NO4S. The highest BCUT2D eigenvalue weighted by molar-refractivity contribution is 7.91. The van der Waals surface area contributed by atoms with Crippen molar-refractivity contribution in [2.45, 2.75) is 19.1 Å². The van der Waals surface area contributed by atoms with E-state index in [4.69, 9.17) is 27.9 Å². The first-order chi connectivity index (χ1) is 12.3. The maximum atomic E-state index is 12.5. The van der Waals surface area contributed by atoms with E-state index in [0.29, 0.717) is 27.8 Å². The highest BCUT2D eigenvalue weighted by Crippen LogP contribution is 2.25. The maximum absolute atomic E-state index is 12.5. The standard InChI is InChI=1S/C18H17Cl2NO4S/c19-13-6-5-12(16(20)9-13)10-25-17-4-2-1-3-15(17)18(22)21-14-7-8-26(23,24)11-14/h1-6,9,14H,7-8,10-11H2,(H,21,22). The summed E-state index contributed by atoms with van der Waals surface area (Å²) >= 11 is 12.0. The Labute approximate surface area is 162 Å². The molecule has 0 radical (unpaired) electrons. The van der Waals surface area contributed by atoms with Crippen molar-refractivity contribution in [3.8, 4) is 5.75 Å². The summed E-state index contributed by atoms with van der Waals surface area (Å²) in [5.74, 6) is 0.120. The van der Waals surface area contributed by atoms with Gasteiger partial charge in [0.15, 0.2) is 9.84 Å². The summed E-state index contributed by atoms with van der Waals surface area (Å²) in [5.41, 5.74) is 1.09. The molecule has 1 N–H and O–H groups in total. The molecule has 0 aromatic heterocycles. The summed E-state index contributed by atoms with van der Waals surface area (Å²) in [6, 6.07) is 11.5. The molecule has 3 rings (SSSR count). The lowest BCUT2D eigenvalue weighted by Crippen LogP contribution is -2.35. The number of carbonyl (C=O) groups excluding carboxylic acids is 1. The van der Waals surface area contributed by atoms with E-state index < -0.39 is 9.84 Å². The second kappa shape index (κ2) is 7.86. The van der Waals surface area contributed by atoms with Gasteiger partial charge in [0, 0.05) is 21.7 Å². The summed E-state index contributed by atoms with van der Waals surface area (Å²) in [6.07, 6.45) is 0.428. The zero-order chi connectivity index (χ0) is 18.7. The average Bonchev–Trinajstić information content (AvgIpc) is 2.93. The van der Waals surface area contributed by atoms with Crippen LogP contribution in [0.2, 0.25) is 10.0 Å². The molecule has 1 saturated heterocycles. The molecule has 0 bridgehead atoms. The van der Waals surface area contributed by atoms with E-state index in [2.05, 4.69) is 5.32 Å². The Hall–Kier alpha value is -1.76. The van der Waals surface area contributed by atoms with Crippen LogP contribution in [-0.2, 0) is 16.4 Å². The summed E-state index contributed by atoms with van der Waals surface area (Å²) in [4.78, 5) is 12.5. The number of benzene rings is 2. The Bertz CT molecular complexity index is 931. The molecule has 1 amide bonds. The zero-order valence-electron chi connectivity index (χ0n) is 13.7. The summed E-state index contributed by atoms with van der Waals surface area (Å²) < 4.78 is 28.9. The van der Waals surface area contributed by atoms with Gasteiger partial charge in [-0.25, -0.2) is 8.42 Å². The zero-order valence-corrected chi connectivity index (χ0v) is 16.1. The van der Waals surface area contributed by atoms with Gasteiger partial charge in [0.25, 0.3) is 5.91 Å². The number of para-hydroxylation sites is 1. The van der Waals surface area contributed by atoms with Gasteiger partial charge in [-0.05, 0) is 30.7 Å². The Morgan fingerprint density at radius 1 is 1.19 bits per heavy atom. The molecule has 8 heteroatoms. The fraction of sp³-hybridized carbons (Fsp3) is 0.278. The van der Waals surface area contributed by atoms with Crippen LogP contribution in [0.4, 0.5) is 0 Å². The number of sulfone groups is 1. The molecule has 138 valence electrons. The third-order valence-corrected chi connectivity index (χ3v) is 6.45. The third kappa shape index (κ3) is 4.69. The van der Waals surface area contributed by atoms with E-state index in [1.807, 2.05) is 0 Å². The van der Waals surface area contributed by atoms with Gasteiger partial charge in [0.05, 0.1) is 17.1 Å². The molecule has 2 aromatic carbocycles. The van der Waals surface area contributed by atoms with Crippen molar-refractivity contribution in [3.05, 3.63) is 63.6 Å². The van der Waals surface area contributed by atoms with Crippen molar-refractivity contribution in [1.29, 1.82) is 0 Å². The smallest absolute Gasteiger partial charge is 0.255 e. The number of amides is 1. The van der Waals surface area contributed by atoms with Crippen LogP contribution in [0.15, 0.2) is 42.5 Å². The van der Waals surface area contributed by atoms with E-state index in [1.54, 1.807) is 42.5 Å². The minimum Gasteiger partial charge on any atom is -0.488 e. The van der Waals surface area contributed by atoms with E-state index in [1.165, 1.54) is 0 Å². The second-order valence-electron chi connectivity index (χ2n) is 6.09. The molecule has 1 heterocycles. The van der Waals surface area contributed by atoms with E-state index in [-0.39, 0.29) is 30.1 Å². The lowest BCUT2D eigenvalue weighted by atomic mass is 10.1. The Balaban J connectivity index is 1.70. The Kier molecular flexibility index (Phi) is 5.75. The van der Waals surface area contributed by atoms with E-state index >= 15 is 0 Å². The van der Waals surface area contributed by atoms with Gasteiger partial charge in [0.2, 0.25) is 0 Å². The van der Waals surface area contributed by atoms with Gasteiger partial charge in [-0.3, -0.25) is 4.79 Å². The molecule has 26 heavy (non-hydrogen) atoms. The molecule has 1 atom stereocenters. The predicted octanol–water partition coefficient (Wildman–Crippen LogP) is 3.49. The van der Waals surface area contributed by atoms with Crippen LogP contribution in [0, 0.1) is 0 Å². The highest BCUT2D eigenvalue weighted by atomic mass is 35.5. The molecule has 1 fully saturated rings. The van der Waals surface area contributed by atoms with Crippen molar-refractivity contribution in [2.75, 3.05) is 11.5 Å². The van der Waals surface area contributed by atoms with Gasteiger partial charge < -0.3 is 10.1 Å². The number of hydrogen-bond acceptors (Lipinski definition) is 4. The van der Waals surface area contributed by atoms with Gasteiger partial charge in [0.1, 0.15) is 12.4 Å². The third-order valence-electron chi connectivity index (χ3n) is 4.10. The average molecular weight is 414 g/mol. The second-order valence-corrected chi connectivity index (χ2v) is 9.17. The molecule has 1 unspecified atom stereocenters. The molecule has 1 aliphatic heterocycles. The first-order valence-electron chi connectivity index (χ1n) is 8.01. The summed E-state index contributed by atoms with van der Waals surface area (Å²) in [6.45, 7) is 0.179. The SMILES string of the molecule is O=C(NC1CCS(=O)(=O)C1)c1ccccc1OCc1ccc(Cl)cc1Cl. The van der Waals surface area contributed by atoms with Gasteiger partial charge >= 0.3 is 0 Å². The van der Waals surface area contributed by atoms with Gasteiger partial charge in [-0.1, -0.05) is 41.4 Å². The predicted molar refractivity (Wildman–Crippen MR) is 102 cm³/mol. The monoisotopic (exact) mass is 413 g/mol. The van der Waals surface area contributed by atoms with Crippen molar-refractivity contribution in [2.24, 2.45) is 0 Å². The lowest BCUT2D eigenvalue weighted by molar-refractivity contribution is 0.0936. The number of ether oxygens (including phenoxy) is 1. The maximum Gasteiger partial charge on any atom is 0.255 e. The van der Waals surface area contributed by atoms with Gasteiger partial charge in [-0.15, -0.1) is 0 Å². The number of carbonyl (C=O) groups is 1. The largest absolute Gasteiger partial charge is 0.488 e. The topological polar surface area (TPSA) is 72.5 Å². The number of nitrogens with one attached hydrogen (secondary N) is 1. The first kappa shape index (κ1) is 19.0. The van der Waals surface area contributed by atoms with Crippen LogP contribution in [-0.4, -0.2) is 31.9 Å². The lowest BCUT2D eigenvalue weighted by Gasteiger charge is -2.15. The quantitative estimate of drug-likeness (QED) is 0.813. The molecule has 1 aliphatic rings. The van der Waals surface area contributed by atoms with Gasteiger partial charge in [-0.2, -0.15) is 0 Å². The van der Waals surface area contributed by atoms with Crippen LogP contribution < -0.4 is 10.1 Å². The van der Waals surface area contributed by atoms with Crippen LogP contribution in [0.25, 0.3) is 0 Å². The van der Waals surface area contributed by atoms with Crippen LogP contribution >= 0.6 is 23.2 Å². The molecule has 5 nitrogen and oxygen atoms in total. The summed E-state index contributed by atoms with van der Waals surface area (Å²) in [7, 11) is -3.06. The Morgan fingerprint density at radius 3 is 2.65 bits per heavy atom. The van der Waals surface area contributed by atoms with Crippen molar-refractivity contribution >= 4 is 38.9 Å². The summed E-state index contributed by atoms with van der Waals surface area (Å²) in [5, 5.41) is 3.78. The van der Waals surface area contributed by atoms with Crippen LogP contribution in [0.3, 0.4) is 0 Å². The van der Waals surface area contributed by atoms with Crippen molar-refractivity contribution in [1.82, 2.24) is 5.32 Å². The van der Waals surface area contributed by atoms with Crippen molar-refractivity contribution in [3.63, 3.8) is 0 Å². The fourth-order valence-electron chi connectivity index (χ4n) is 2.75. The minimum atomic E-state index is -3.06. The molecule has 0 saturated carbocycles. The normalized spacial score (nSPS) is 18.5. The minimum absolute atomic E-state index is 0.0256. The van der Waals surface area contributed by atoms with E-state index in [0.717, 1.165) is 5.56 Å². The molecule has 0 aliphatic carbocycles. The highest BCUT2D eigenvalue weighted by Gasteiger charge is 2.29. The van der Waals surface area contributed by atoms with Crippen LogP contribution in [0.5, 0.6) is 5.75 Å². The molecular weight excluding hydrogens is 397 g/mol. The Morgan fingerprint density at radius 2 is 1.96 bits per heavy atom. The number of rotatable bonds is 5. The van der Waals surface area contributed by atoms with Crippen molar-refractivity contribution < 1.29 is 17.9 Å². The number of hydrogen-bond donors (Lipinski definition) is 1. The molecule has 2 aromatic rings. The molecule has 0 spiro atoms. The van der Waals surface area contributed by atoms with E-state index in [9.17, 15) is 13.2 Å². The first-order valence-corrected chi connectivity index (χ1v) is 10.6. The van der Waals surface area contributed by atoms with Crippen LogP contribution in [0.1, 0.15) is 22.3 Å². The number of halogens is 2.